The van der Waals surface area contributed by atoms with Crippen molar-refractivity contribution in [2.75, 3.05) is 6.54 Å². The molecule has 0 aliphatic rings. The number of hydrogen-bond acceptors (Lipinski definition) is 5. The van der Waals surface area contributed by atoms with Gasteiger partial charge in [0, 0.05) is 23.9 Å². The Morgan fingerprint density at radius 3 is 2.19 bits per heavy atom. The van der Waals surface area contributed by atoms with Crippen molar-refractivity contribution in [2.24, 2.45) is 0 Å². The Balaban J connectivity index is 0.000000501. The first kappa shape index (κ1) is 23.3. The summed E-state index contributed by atoms with van der Waals surface area (Å²) in [5.74, 6) is -3.65. The monoisotopic (exact) mass is 420 g/mol. The number of carboxylic acids is 2. The third-order valence-corrected chi connectivity index (χ3v) is 4.27. The molecule has 0 fully saturated rings. The molecule has 0 spiro atoms. The molecule has 3 aromatic rings. The van der Waals surface area contributed by atoms with Crippen LogP contribution in [-0.4, -0.2) is 38.5 Å². The Morgan fingerprint density at radius 1 is 1.00 bits per heavy atom. The van der Waals surface area contributed by atoms with Gasteiger partial charge < -0.3 is 15.5 Å². The van der Waals surface area contributed by atoms with Crippen molar-refractivity contribution >= 4 is 11.9 Å². The van der Waals surface area contributed by atoms with Crippen molar-refractivity contribution in [2.45, 2.75) is 25.9 Å². The zero-order valence-corrected chi connectivity index (χ0v) is 16.9. The fourth-order valence-corrected chi connectivity index (χ4v) is 2.81. The van der Waals surface area contributed by atoms with E-state index in [1.807, 2.05) is 28.9 Å². The number of aromatic nitrogens is 2. The zero-order valence-electron chi connectivity index (χ0n) is 16.9. The van der Waals surface area contributed by atoms with Crippen molar-refractivity contribution in [3.8, 4) is 17.3 Å². The molecule has 8 heteroatoms. The van der Waals surface area contributed by atoms with E-state index in [2.05, 4.69) is 59.1 Å². The maximum Gasteiger partial charge on any atom is 0.414 e. The SMILES string of the molecule is N#CCCn1cc(CNCCc2ccccc2)c(-c2ccccc2)n1.O=C(O)C(=O)O. The highest BCUT2D eigenvalue weighted by Crippen LogP contribution is 2.22. The molecule has 2 aromatic carbocycles. The Hall–Kier alpha value is -3.96. The lowest BCUT2D eigenvalue weighted by molar-refractivity contribution is -0.159. The van der Waals surface area contributed by atoms with Crippen LogP contribution in [0.15, 0.2) is 66.9 Å². The Kier molecular flexibility index (Phi) is 9.46. The summed E-state index contributed by atoms with van der Waals surface area (Å²) in [7, 11) is 0. The molecule has 160 valence electrons. The molecular weight excluding hydrogens is 396 g/mol. The minimum atomic E-state index is -1.82. The average Bonchev–Trinajstić information content (AvgIpc) is 3.20. The van der Waals surface area contributed by atoms with E-state index in [1.165, 1.54) is 5.56 Å². The number of benzene rings is 2. The third kappa shape index (κ3) is 8.12. The van der Waals surface area contributed by atoms with Gasteiger partial charge in [-0.25, -0.2) is 9.59 Å². The quantitative estimate of drug-likeness (QED) is 0.377. The molecule has 0 saturated heterocycles. The van der Waals surface area contributed by atoms with Crippen LogP contribution in [0.3, 0.4) is 0 Å². The van der Waals surface area contributed by atoms with Crippen molar-refractivity contribution in [3.63, 3.8) is 0 Å². The lowest BCUT2D eigenvalue weighted by Gasteiger charge is -2.05. The molecular formula is C23H24N4O4. The molecule has 3 N–H and O–H groups in total. The lowest BCUT2D eigenvalue weighted by Crippen LogP contribution is -2.16. The Labute approximate surface area is 180 Å². The van der Waals surface area contributed by atoms with Crippen LogP contribution in [0.1, 0.15) is 17.5 Å². The van der Waals surface area contributed by atoms with Gasteiger partial charge in [-0.15, -0.1) is 0 Å². The molecule has 0 radical (unpaired) electrons. The summed E-state index contributed by atoms with van der Waals surface area (Å²) in [6.45, 7) is 2.31. The topological polar surface area (TPSA) is 128 Å². The van der Waals surface area contributed by atoms with Crippen LogP contribution in [0.5, 0.6) is 0 Å². The number of carboxylic acid groups (broad SMARTS) is 2. The van der Waals surface area contributed by atoms with Gasteiger partial charge >= 0.3 is 11.9 Å². The second-order valence-electron chi connectivity index (χ2n) is 6.56. The molecule has 1 heterocycles. The number of hydrogen-bond donors (Lipinski definition) is 3. The number of nitrogens with zero attached hydrogens (tertiary/aromatic N) is 3. The van der Waals surface area contributed by atoms with E-state index in [0.717, 1.165) is 36.3 Å². The first-order valence-electron chi connectivity index (χ1n) is 9.70. The second-order valence-corrected chi connectivity index (χ2v) is 6.56. The number of aryl methyl sites for hydroxylation is 1. The molecule has 0 amide bonds. The largest absolute Gasteiger partial charge is 0.473 e. The van der Waals surface area contributed by atoms with E-state index < -0.39 is 11.9 Å². The fraction of sp³-hybridized carbons (Fsp3) is 0.217. The van der Waals surface area contributed by atoms with Crippen molar-refractivity contribution in [1.82, 2.24) is 15.1 Å². The Bertz CT molecular complexity index is 999. The van der Waals surface area contributed by atoms with Crippen molar-refractivity contribution in [1.29, 1.82) is 5.26 Å². The van der Waals surface area contributed by atoms with Crippen LogP contribution < -0.4 is 5.32 Å². The minimum absolute atomic E-state index is 0.469. The summed E-state index contributed by atoms with van der Waals surface area (Å²) < 4.78 is 1.87. The molecule has 0 bridgehead atoms. The number of rotatable bonds is 8. The lowest BCUT2D eigenvalue weighted by atomic mass is 10.1. The smallest absolute Gasteiger partial charge is 0.414 e. The van der Waals surface area contributed by atoms with Gasteiger partial charge in [0.15, 0.2) is 0 Å². The molecule has 1 aromatic heterocycles. The highest BCUT2D eigenvalue weighted by Gasteiger charge is 2.10. The van der Waals surface area contributed by atoms with Crippen molar-refractivity contribution in [3.05, 3.63) is 78.0 Å². The molecule has 0 saturated carbocycles. The van der Waals surface area contributed by atoms with Crippen LogP contribution in [0, 0.1) is 11.3 Å². The van der Waals surface area contributed by atoms with Gasteiger partial charge in [-0.05, 0) is 18.5 Å². The summed E-state index contributed by atoms with van der Waals surface area (Å²) in [5.41, 5.74) is 4.60. The molecule has 31 heavy (non-hydrogen) atoms. The van der Waals surface area contributed by atoms with Gasteiger partial charge in [-0.3, -0.25) is 4.68 Å². The number of carbonyl (C=O) groups is 2. The minimum Gasteiger partial charge on any atom is -0.473 e. The van der Waals surface area contributed by atoms with Gasteiger partial charge in [0.05, 0.1) is 24.7 Å². The van der Waals surface area contributed by atoms with Crippen molar-refractivity contribution < 1.29 is 19.8 Å². The number of nitriles is 1. The van der Waals surface area contributed by atoms with Gasteiger partial charge in [0.1, 0.15) is 0 Å². The highest BCUT2D eigenvalue weighted by atomic mass is 16.4. The molecule has 0 aliphatic heterocycles. The van der Waals surface area contributed by atoms with Gasteiger partial charge in [-0.2, -0.15) is 10.4 Å². The summed E-state index contributed by atoms with van der Waals surface area (Å²) in [4.78, 5) is 18.2. The summed E-state index contributed by atoms with van der Waals surface area (Å²) in [6.07, 6.45) is 3.52. The maximum absolute atomic E-state index is 9.10. The van der Waals surface area contributed by atoms with E-state index in [9.17, 15) is 0 Å². The highest BCUT2D eigenvalue weighted by molar-refractivity contribution is 6.27. The molecule has 3 rings (SSSR count). The standard InChI is InChI=1S/C21H22N4.C2H2O4/c22-13-7-15-25-17-20(21(24-25)19-10-5-2-6-11-19)16-23-14-12-18-8-3-1-4-9-18;3-1(4)2(5)6/h1-6,8-11,17,23H,7,12,14-16H2;(H,3,4)(H,5,6). The zero-order chi connectivity index (χ0) is 22.5. The van der Waals surface area contributed by atoms with Gasteiger partial charge in [0.2, 0.25) is 0 Å². The Morgan fingerprint density at radius 2 is 1.61 bits per heavy atom. The summed E-state index contributed by atoms with van der Waals surface area (Å²) >= 11 is 0. The van der Waals surface area contributed by atoms with Crippen LogP contribution >= 0.6 is 0 Å². The third-order valence-electron chi connectivity index (χ3n) is 4.27. The fourth-order valence-electron chi connectivity index (χ4n) is 2.81. The van der Waals surface area contributed by atoms with Gasteiger partial charge in [-0.1, -0.05) is 60.7 Å². The molecule has 8 nitrogen and oxygen atoms in total. The van der Waals surface area contributed by atoms with Gasteiger partial charge in [0.25, 0.3) is 0 Å². The van der Waals surface area contributed by atoms with Crippen LogP contribution in [0.4, 0.5) is 0 Å². The maximum atomic E-state index is 9.10. The summed E-state index contributed by atoms with van der Waals surface area (Å²) in [6, 6.07) is 22.9. The predicted octanol–water partition coefficient (Wildman–Crippen LogP) is 2.95. The predicted molar refractivity (Wildman–Crippen MR) is 115 cm³/mol. The van der Waals surface area contributed by atoms with E-state index in [-0.39, 0.29) is 0 Å². The van der Waals surface area contributed by atoms with Crippen LogP contribution in [0.25, 0.3) is 11.3 Å². The number of aliphatic carboxylic acids is 2. The second kappa shape index (κ2) is 12.6. The summed E-state index contributed by atoms with van der Waals surface area (Å²) in [5, 5.41) is 31.8. The van der Waals surface area contributed by atoms with Crippen LogP contribution in [-0.2, 0) is 29.1 Å². The van der Waals surface area contributed by atoms with E-state index in [4.69, 9.17) is 25.1 Å². The van der Waals surface area contributed by atoms with Crippen LogP contribution in [0.2, 0.25) is 0 Å². The van der Waals surface area contributed by atoms with E-state index >= 15 is 0 Å². The normalized spacial score (nSPS) is 9.90. The van der Waals surface area contributed by atoms with E-state index in [1.54, 1.807) is 0 Å². The molecule has 0 aliphatic carbocycles. The average molecular weight is 420 g/mol. The molecule has 0 atom stereocenters. The number of nitrogens with one attached hydrogen (secondary N) is 1. The molecule has 0 unspecified atom stereocenters. The van der Waals surface area contributed by atoms with E-state index in [0.29, 0.717) is 13.0 Å². The first-order valence-corrected chi connectivity index (χ1v) is 9.70. The first-order chi connectivity index (χ1) is 15.0.